The van der Waals surface area contributed by atoms with E-state index < -0.39 is 21.8 Å². The molecular formula is C21H29N3O6S. The van der Waals surface area contributed by atoms with E-state index in [1.807, 2.05) is 18.2 Å². The number of hydrogen-bond donors (Lipinski definition) is 1. The van der Waals surface area contributed by atoms with Crippen LogP contribution in [0.15, 0.2) is 18.2 Å². The second-order valence-electron chi connectivity index (χ2n) is 7.48. The third kappa shape index (κ3) is 6.03. The van der Waals surface area contributed by atoms with Gasteiger partial charge in [0.2, 0.25) is 23.2 Å². The molecule has 0 bridgehead atoms. The molecule has 1 unspecified atom stereocenters. The van der Waals surface area contributed by atoms with Crippen LogP contribution in [0.2, 0.25) is 0 Å². The van der Waals surface area contributed by atoms with E-state index in [0.29, 0.717) is 49.2 Å². The predicted octanol–water partition coefficient (Wildman–Crippen LogP) is 1.67. The number of nitrogens with zero attached hydrogens (tertiary/aromatic N) is 3. The maximum atomic E-state index is 12.9. The smallest absolute Gasteiger partial charge is 0.234 e. The van der Waals surface area contributed by atoms with Crippen LogP contribution < -0.4 is 14.4 Å². The van der Waals surface area contributed by atoms with E-state index in [0.717, 1.165) is 24.9 Å². The first kappa shape index (κ1) is 23.2. The summed E-state index contributed by atoms with van der Waals surface area (Å²) >= 11 is 0. The fraction of sp³-hybridized carbons (Fsp3) is 0.571. The lowest BCUT2D eigenvalue weighted by atomic mass is 10.2. The molecule has 1 N–H and O–H groups in total. The van der Waals surface area contributed by atoms with Crippen LogP contribution >= 0.6 is 0 Å². The van der Waals surface area contributed by atoms with Crippen LogP contribution in [0.4, 0.5) is 5.69 Å². The summed E-state index contributed by atoms with van der Waals surface area (Å²) in [5, 5.41) is 10.1. The molecule has 3 rings (SSSR count). The van der Waals surface area contributed by atoms with Gasteiger partial charge in [0.15, 0.2) is 11.5 Å². The number of amides is 1. The Morgan fingerprint density at radius 3 is 2.65 bits per heavy atom. The number of piperazine rings is 1. The van der Waals surface area contributed by atoms with Crippen molar-refractivity contribution in [1.82, 2.24) is 9.37 Å². The monoisotopic (exact) mass is 451 g/mol. The van der Waals surface area contributed by atoms with Gasteiger partial charge in [-0.05, 0) is 18.6 Å². The van der Waals surface area contributed by atoms with E-state index in [2.05, 4.69) is 23.7 Å². The molecule has 10 heteroatoms. The Balaban J connectivity index is 1.59. The molecule has 1 atom stereocenters. The molecule has 0 radical (unpaired) electrons. The first-order valence-electron chi connectivity index (χ1n) is 10.5. The van der Waals surface area contributed by atoms with Crippen molar-refractivity contribution in [2.24, 2.45) is 0 Å². The molecule has 2 heterocycles. The van der Waals surface area contributed by atoms with Gasteiger partial charge in [-0.15, -0.1) is 5.92 Å². The Morgan fingerprint density at radius 1 is 1.19 bits per heavy atom. The van der Waals surface area contributed by atoms with E-state index >= 15 is 0 Å². The highest BCUT2D eigenvalue weighted by Crippen LogP contribution is 2.35. The Kier molecular flexibility index (Phi) is 8.01. The van der Waals surface area contributed by atoms with Crippen LogP contribution in [-0.2, 0) is 14.8 Å². The fourth-order valence-corrected chi connectivity index (χ4v) is 5.09. The summed E-state index contributed by atoms with van der Waals surface area (Å²) in [4.78, 5) is 13.1. The SMILES string of the molecule is CCCCCC#CC(CS(=O)(=O)N1CCN(c2ccc3c(c2)OCO3)CC1)N(O)C=O. The lowest BCUT2D eigenvalue weighted by molar-refractivity contribution is -0.153. The van der Waals surface area contributed by atoms with Crippen molar-refractivity contribution < 1.29 is 27.9 Å². The number of fused-ring (bicyclic) bond motifs is 1. The number of benzene rings is 1. The minimum Gasteiger partial charge on any atom is -0.454 e. The van der Waals surface area contributed by atoms with Crippen molar-refractivity contribution in [2.75, 3.05) is 43.6 Å². The van der Waals surface area contributed by atoms with E-state index in [9.17, 15) is 18.4 Å². The van der Waals surface area contributed by atoms with Crippen molar-refractivity contribution >= 4 is 22.1 Å². The summed E-state index contributed by atoms with van der Waals surface area (Å²) in [5.41, 5.74) is 0.944. The third-order valence-corrected chi connectivity index (χ3v) is 7.21. The molecule has 1 amide bonds. The average Bonchev–Trinajstić information content (AvgIpc) is 3.25. The number of anilines is 1. The van der Waals surface area contributed by atoms with Gasteiger partial charge in [-0.3, -0.25) is 10.0 Å². The Bertz CT molecular complexity index is 919. The average molecular weight is 452 g/mol. The van der Waals surface area contributed by atoms with Gasteiger partial charge in [-0.1, -0.05) is 25.7 Å². The van der Waals surface area contributed by atoms with E-state index in [-0.39, 0.29) is 13.2 Å². The molecule has 31 heavy (non-hydrogen) atoms. The zero-order chi connectivity index (χ0) is 22.3. The second-order valence-corrected chi connectivity index (χ2v) is 9.50. The number of hydrogen-bond acceptors (Lipinski definition) is 7. The summed E-state index contributed by atoms with van der Waals surface area (Å²) in [6, 6.07) is 4.58. The zero-order valence-electron chi connectivity index (χ0n) is 17.7. The number of hydroxylamine groups is 2. The predicted molar refractivity (Wildman–Crippen MR) is 116 cm³/mol. The van der Waals surface area contributed by atoms with Gasteiger partial charge in [-0.25, -0.2) is 13.5 Å². The molecule has 1 saturated heterocycles. The topological polar surface area (TPSA) is 99.6 Å². The molecule has 2 aliphatic rings. The van der Waals surface area contributed by atoms with Crippen LogP contribution in [0.1, 0.15) is 32.6 Å². The van der Waals surface area contributed by atoms with Crippen LogP contribution in [0.25, 0.3) is 0 Å². The van der Waals surface area contributed by atoms with Crippen molar-refractivity contribution in [2.45, 2.75) is 38.6 Å². The van der Waals surface area contributed by atoms with Gasteiger partial charge in [0, 0.05) is 44.4 Å². The number of rotatable bonds is 9. The number of carbonyl (C=O) groups is 1. The lowest BCUT2D eigenvalue weighted by Crippen LogP contribution is -2.51. The van der Waals surface area contributed by atoms with Gasteiger partial charge in [-0.2, -0.15) is 4.31 Å². The van der Waals surface area contributed by atoms with Gasteiger partial charge in [0.25, 0.3) is 0 Å². The Hall–Kier alpha value is -2.48. The molecule has 1 fully saturated rings. The highest BCUT2D eigenvalue weighted by Gasteiger charge is 2.31. The van der Waals surface area contributed by atoms with Crippen molar-refractivity contribution in [3.05, 3.63) is 18.2 Å². The lowest BCUT2D eigenvalue weighted by Gasteiger charge is -2.36. The molecule has 2 aliphatic heterocycles. The number of unbranched alkanes of at least 4 members (excludes halogenated alkanes) is 3. The molecule has 0 spiro atoms. The summed E-state index contributed by atoms with van der Waals surface area (Å²) in [6.45, 7) is 3.93. The quantitative estimate of drug-likeness (QED) is 0.200. The zero-order valence-corrected chi connectivity index (χ0v) is 18.5. The Morgan fingerprint density at radius 2 is 1.94 bits per heavy atom. The van der Waals surface area contributed by atoms with Crippen LogP contribution in [0.5, 0.6) is 11.5 Å². The van der Waals surface area contributed by atoms with Gasteiger partial charge < -0.3 is 14.4 Å². The fourth-order valence-electron chi connectivity index (χ4n) is 3.52. The van der Waals surface area contributed by atoms with Crippen molar-refractivity contribution in [3.8, 4) is 23.3 Å². The summed E-state index contributed by atoms with van der Waals surface area (Å²) in [5.74, 6) is 6.57. The summed E-state index contributed by atoms with van der Waals surface area (Å²) < 4.78 is 37.9. The molecule has 170 valence electrons. The molecule has 1 aromatic rings. The standard InChI is InChI=1S/C21H29N3O6S/c1-2-3-4-5-6-7-19(24(26)16-25)15-31(27,28)23-12-10-22(11-13-23)18-8-9-20-21(14-18)30-17-29-20/h8-9,14,16,19,26H,2-5,10-13,15,17H2,1H3. The maximum Gasteiger partial charge on any atom is 0.234 e. The summed E-state index contributed by atoms with van der Waals surface area (Å²) in [7, 11) is -3.70. The van der Waals surface area contributed by atoms with Gasteiger partial charge >= 0.3 is 0 Å². The van der Waals surface area contributed by atoms with E-state index in [1.54, 1.807) is 0 Å². The van der Waals surface area contributed by atoms with Crippen LogP contribution in [0, 0.1) is 11.8 Å². The maximum absolute atomic E-state index is 12.9. The molecule has 0 aromatic heterocycles. The second kappa shape index (κ2) is 10.7. The number of carbonyl (C=O) groups excluding carboxylic acids is 1. The van der Waals surface area contributed by atoms with Crippen molar-refractivity contribution in [1.29, 1.82) is 0 Å². The largest absolute Gasteiger partial charge is 0.454 e. The molecule has 1 aromatic carbocycles. The minimum atomic E-state index is -3.70. The Labute approximate surface area is 183 Å². The van der Waals surface area contributed by atoms with Crippen LogP contribution in [-0.4, -0.2) is 74.2 Å². The first-order chi connectivity index (χ1) is 14.9. The molecular weight excluding hydrogens is 422 g/mol. The molecule has 9 nitrogen and oxygen atoms in total. The number of sulfonamides is 1. The number of ether oxygens (including phenoxy) is 2. The summed E-state index contributed by atoms with van der Waals surface area (Å²) in [6.07, 6.45) is 3.78. The van der Waals surface area contributed by atoms with E-state index in [1.165, 1.54) is 4.31 Å². The van der Waals surface area contributed by atoms with Crippen molar-refractivity contribution in [3.63, 3.8) is 0 Å². The van der Waals surface area contributed by atoms with Gasteiger partial charge in [0.05, 0.1) is 5.75 Å². The first-order valence-corrected chi connectivity index (χ1v) is 12.1. The van der Waals surface area contributed by atoms with Crippen LogP contribution in [0.3, 0.4) is 0 Å². The van der Waals surface area contributed by atoms with Gasteiger partial charge in [0.1, 0.15) is 6.04 Å². The third-order valence-electron chi connectivity index (χ3n) is 5.32. The molecule has 0 aliphatic carbocycles. The molecule has 0 saturated carbocycles. The highest BCUT2D eigenvalue weighted by molar-refractivity contribution is 7.89. The minimum absolute atomic E-state index is 0.193. The normalized spacial score (nSPS) is 17.0. The highest BCUT2D eigenvalue weighted by atomic mass is 32.2. The van der Waals surface area contributed by atoms with E-state index in [4.69, 9.17) is 9.47 Å².